The largest absolute Gasteiger partial charge is 0.465 e. The minimum absolute atomic E-state index is 0.0765. The van der Waals surface area contributed by atoms with Crippen LogP contribution in [0.25, 0.3) is 5.57 Å². The Hall–Kier alpha value is -2.30. The van der Waals surface area contributed by atoms with E-state index in [0.29, 0.717) is 5.56 Å². The summed E-state index contributed by atoms with van der Waals surface area (Å²) in [6, 6.07) is 7.74. The van der Waals surface area contributed by atoms with Crippen molar-refractivity contribution in [3.05, 3.63) is 41.5 Å². The Bertz CT molecular complexity index is 715. The Kier molecular flexibility index (Phi) is 5.08. The highest BCUT2D eigenvalue weighted by atomic mass is 16.6. The molecule has 0 aromatic heterocycles. The van der Waals surface area contributed by atoms with Gasteiger partial charge in [0, 0.05) is 6.04 Å². The quantitative estimate of drug-likeness (QED) is 0.735. The molecule has 5 nitrogen and oxygen atoms in total. The third kappa shape index (κ3) is 3.92. The molecule has 2 aliphatic heterocycles. The molecule has 26 heavy (non-hydrogen) atoms. The van der Waals surface area contributed by atoms with Gasteiger partial charge in [-0.2, -0.15) is 0 Å². The van der Waals surface area contributed by atoms with Gasteiger partial charge in [-0.15, -0.1) is 0 Å². The zero-order valence-electron chi connectivity index (χ0n) is 16.0. The first-order chi connectivity index (χ1) is 12.3. The molecule has 1 amide bonds. The number of fused-ring (bicyclic) bond motifs is 2. The minimum atomic E-state index is -0.487. The number of carbonyl (C=O) groups excluding carboxylic acids is 2. The monoisotopic (exact) mass is 357 g/mol. The predicted molar refractivity (Wildman–Crippen MR) is 99.9 cm³/mol. The molecule has 5 heteroatoms. The van der Waals surface area contributed by atoms with Gasteiger partial charge in [-0.3, -0.25) is 4.90 Å². The molecule has 0 aliphatic carbocycles. The fourth-order valence-corrected chi connectivity index (χ4v) is 3.78. The van der Waals surface area contributed by atoms with Crippen LogP contribution in [0.5, 0.6) is 0 Å². The first-order valence-electron chi connectivity index (χ1n) is 9.19. The number of nitrogens with zero attached hydrogens (tertiary/aromatic N) is 1. The molecule has 2 atom stereocenters. The molecule has 140 valence electrons. The van der Waals surface area contributed by atoms with Crippen molar-refractivity contribution in [2.24, 2.45) is 0 Å². The van der Waals surface area contributed by atoms with Crippen LogP contribution in [0.2, 0.25) is 0 Å². The van der Waals surface area contributed by atoms with E-state index in [-0.39, 0.29) is 24.1 Å². The maximum Gasteiger partial charge on any atom is 0.411 e. The highest BCUT2D eigenvalue weighted by Gasteiger charge is 2.39. The fraction of sp³-hybridized carbons (Fsp3) is 0.524. The van der Waals surface area contributed by atoms with Gasteiger partial charge in [-0.25, -0.2) is 9.59 Å². The number of piperidine rings is 1. The van der Waals surface area contributed by atoms with Gasteiger partial charge >= 0.3 is 12.1 Å². The zero-order chi connectivity index (χ0) is 18.9. The van der Waals surface area contributed by atoms with E-state index >= 15 is 0 Å². The molecule has 3 rings (SSSR count). The maximum absolute atomic E-state index is 12.6. The molecule has 2 heterocycles. The summed E-state index contributed by atoms with van der Waals surface area (Å²) < 4.78 is 10.4. The van der Waals surface area contributed by atoms with Crippen molar-refractivity contribution in [2.75, 3.05) is 7.11 Å². The van der Waals surface area contributed by atoms with Gasteiger partial charge in [0.15, 0.2) is 0 Å². The van der Waals surface area contributed by atoms with Crippen LogP contribution in [0.15, 0.2) is 30.3 Å². The summed E-state index contributed by atoms with van der Waals surface area (Å²) in [5.74, 6) is -0.331. The number of benzene rings is 1. The van der Waals surface area contributed by atoms with E-state index in [0.717, 1.165) is 31.2 Å². The van der Waals surface area contributed by atoms with Gasteiger partial charge in [0.25, 0.3) is 0 Å². The lowest BCUT2D eigenvalue weighted by Crippen LogP contribution is -2.53. The minimum Gasteiger partial charge on any atom is -0.465 e. The number of methoxy groups -OCH3 is 1. The molecular weight excluding hydrogens is 330 g/mol. The summed E-state index contributed by atoms with van der Waals surface area (Å²) >= 11 is 0. The second kappa shape index (κ2) is 7.14. The maximum atomic E-state index is 12.6. The Labute approximate surface area is 155 Å². The zero-order valence-corrected chi connectivity index (χ0v) is 16.0. The van der Waals surface area contributed by atoms with E-state index in [1.807, 2.05) is 37.8 Å². The van der Waals surface area contributed by atoms with E-state index in [2.05, 4.69) is 6.08 Å². The second-order valence-corrected chi connectivity index (χ2v) is 8.00. The van der Waals surface area contributed by atoms with Crippen LogP contribution < -0.4 is 0 Å². The molecule has 1 aromatic rings. The summed E-state index contributed by atoms with van der Waals surface area (Å²) in [6.07, 6.45) is 5.86. The van der Waals surface area contributed by atoms with Crippen LogP contribution in [0.1, 0.15) is 62.4 Å². The Morgan fingerprint density at radius 1 is 1.12 bits per heavy atom. The van der Waals surface area contributed by atoms with Crippen molar-refractivity contribution in [1.82, 2.24) is 4.90 Å². The summed E-state index contributed by atoms with van der Waals surface area (Å²) in [6.45, 7) is 5.69. The molecule has 2 unspecified atom stereocenters. The van der Waals surface area contributed by atoms with Crippen LogP contribution >= 0.6 is 0 Å². The highest BCUT2D eigenvalue weighted by molar-refractivity contribution is 5.89. The Morgan fingerprint density at radius 2 is 1.81 bits per heavy atom. The average molecular weight is 357 g/mol. The molecular formula is C21H27NO4. The number of hydrogen-bond donors (Lipinski definition) is 0. The first kappa shape index (κ1) is 18.5. The van der Waals surface area contributed by atoms with Crippen molar-refractivity contribution in [3.63, 3.8) is 0 Å². The molecule has 0 N–H and O–H groups in total. The summed E-state index contributed by atoms with van der Waals surface area (Å²) in [4.78, 5) is 26.2. The van der Waals surface area contributed by atoms with Crippen molar-refractivity contribution in [1.29, 1.82) is 0 Å². The van der Waals surface area contributed by atoms with Crippen LogP contribution in [0, 0.1) is 0 Å². The van der Waals surface area contributed by atoms with E-state index in [1.165, 1.54) is 12.7 Å². The third-order valence-corrected chi connectivity index (χ3v) is 4.92. The van der Waals surface area contributed by atoms with Gasteiger partial charge in [-0.05, 0) is 69.7 Å². The number of carbonyl (C=O) groups is 2. The normalized spacial score (nSPS) is 22.5. The van der Waals surface area contributed by atoms with Crippen LogP contribution in [0.4, 0.5) is 4.79 Å². The smallest absolute Gasteiger partial charge is 0.411 e. The molecule has 0 spiro atoms. The third-order valence-electron chi connectivity index (χ3n) is 4.92. The SMILES string of the molecule is COC(=O)c1ccc(C2=CC3CCCC(C2)N3C(=O)OC(C)(C)C)cc1. The number of ether oxygens (including phenoxy) is 2. The number of hydrogen-bond acceptors (Lipinski definition) is 4. The summed E-state index contributed by atoms with van der Waals surface area (Å²) in [7, 11) is 1.38. The van der Waals surface area contributed by atoms with Crippen molar-refractivity contribution in [3.8, 4) is 0 Å². The van der Waals surface area contributed by atoms with E-state index in [4.69, 9.17) is 9.47 Å². The number of rotatable bonds is 2. The Balaban J connectivity index is 1.81. The van der Waals surface area contributed by atoms with Crippen molar-refractivity contribution in [2.45, 2.75) is 64.1 Å². The highest BCUT2D eigenvalue weighted by Crippen LogP contribution is 2.38. The molecule has 1 fully saturated rings. The molecule has 1 saturated heterocycles. The van der Waals surface area contributed by atoms with Gasteiger partial charge in [0.2, 0.25) is 0 Å². The van der Waals surface area contributed by atoms with Crippen molar-refractivity contribution >= 4 is 17.6 Å². The lowest BCUT2D eigenvalue weighted by Gasteiger charge is -2.45. The number of esters is 1. The van der Waals surface area contributed by atoms with Gasteiger partial charge in [0.1, 0.15) is 5.60 Å². The Morgan fingerprint density at radius 3 is 2.38 bits per heavy atom. The average Bonchev–Trinajstić information content (AvgIpc) is 2.58. The lowest BCUT2D eigenvalue weighted by molar-refractivity contribution is 0.0000673. The van der Waals surface area contributed by atoms with E-state index < -0.39 is 5.60 Å². The molecule has 2 aliphatic rings. The van der Waals surface area contributed by atoms with Gasteiger partial charge in [0.05, 0.1) is 18.7 Å². The second-order valence-electron chi connectivity index (χ2n) is 8.00. The van der Waals surface area contributed by atoms with Crippen molar-refractivity contribution < 1.29 is 19.1 Å². The van der Waals surface area contributed by atoms with Crippen LogP contribution in [0.3, 0.4) is 0 Å². The van der Waals surface area contributed by atoms with E-state index in [1.54, 1.807) is 12.1 Å². The first-order valence-corrected chi connectivity index (χ1v) is 9.19. The number of amides is 1. The topological polar surface area (TPSA) is 55.8 Å². The van der Waals surface area contributed by atoms with Gasteiger partial charge in [-0.1, -0.05) is 18.2 Å². The molecule has 1 aromatic carbocycles. The summed E-state index contributed by atoms with van der Waals surface area (Å²) in [5, 5.41) is 0. The molecule has 2 bridgehead atoms. The molecule has 0 saturated carbocycles. The molecule has 0 radical (unpaired) electrons. The van der Waals surface area contributed by atoms with E-state index in [9.17, 15) is 9.59 Å². The lowest BCUT2D eigenvalue weighted by atomic mass is 9.83. The predicted octanol–water partition coefficient (Wildman–Crippen LogP) is 4.42. The van der Waals surface area contributed by atoms with Crippen LogP contribution in [-0.4, -0.2) is 41.8 Å². The fourth-order valence-electron chi connectivity index (χ4n) is 3.78. The summed E-state index contributed by atoms with van der Waals surface area (Å²) in [5.41, 5.74) is 2.39. The van der Waals surface area contributed by atoms with Crippen LogP contribution in [-0.2, 0) is 9.47 Å². The van der Waals surface area contributed by atoms with Gasteiger partial charge < -0.3 is 9.47 Å². The standard InChI is InChI=1S/C21H27NO4/c1-21(2,3)26-20(24)22-17-6-5-7-18(22)13-16(12-17)14-8-10-15(11-9-14)19(23)25-4/h8-12,17-18H,5-7,13H2,1-4H3.